The van der Waals surface area contributed by atoms with E-state index in [4.69, 9.17) is 22.1 Å². The molecule has 7 heteroatoms. The first-order valence-corrected chi connectivity index (χ1v) is 13.5. The minimum atomic E-state index is -2.69. The normalized spacial score (nSPS) is 14.2. The van der Waals surface area contributed by atoms with Crippen LogP contribution in [-0.4, -0.2) is 50.4 Å². The molecule has 0 fully saturated rings. The van der Waals surface area contributed by atoms with E-state index in [1.807, 2.05) is 34.6 Å². The highest BCUT2D eigenvalue weighted by Gasteiger charge is 2.50. The molecule has 0 aliphatic carbocycles. The fourth-order valence-electron chi connectivity index (χ4n) is 3.01. The van der Waals surface area contributed by atoms with Crippen LogP contribution in [0.4, 0.5) is 0 Å². The molecule has 0 aromatic rings. The molecule has 0 aliphatic rings. The van der Waals surface area contributed by atoms with Gasteiger partial charge in [0.1, 0.15) is 0 Å². The maximum Gasteiger partial charge on any atom is 0.501 e. The number of hydrogen-bond donors (Lipinski definition) is 0. The first-order chi connectivity index (χ1) is 11.0. The van der Waals surface area contributed by atoms with Crippen LogP contribution in [0.2, 0.25) is 18.1 Å². The van der Waals surface area contributed by atoms with Crippen LogP contribution in [0.15, 0.2) is 0 Å². The molecular formula is C16H38O5Si2. The van der Waals surface area contributed by atoms with Gasteiger partial charge in [0.15, 0.2) is 0 Å². The lowest BCUT2D eigenvalue weighted by molar-refractivity contribution is 0.0682. The van der Waals surface area contributed by atoms with Crippen LogP contribution in [0.3, 0.4) is 0 Å². The summed E-state index contributed by atoms with van der Waals surface area (Å²) in [6.07, 6.45) is 2.13. The molecule has 0 heterocycles. The van der Waals surface area contributed by atoms with Gasteiger partial charge in [-0.2, -0.15) is 0 Å². The van der Waals surface area contributed by atoms with E-state index in [0.29, 0.717) is 38.6 Å². The van der Waals surface area contributed by atoms with Gasteiger partial charge in [-0.3, -0.25) is 0 Å². The first-order valence-electron chi connectivity index (χ1n) is 9.17. The molecule has 140 valence electrons. The standard InChI is InChI=1S/C16H38O5Si2/c1-8-14-16(22(7,17-9-2)18-10-3)15-23(19-11-4,20-12-5)21-13-6/h16H,8-15H2,1-7H3. The van der Waals surface area contributed by atoms with Crippen LogP contribution in [0.5, 0.6) is 0 Å². The van der Waals surface area contributed by atoms with Gasteiger partial charge in [0.25, 0.3) is 0 Å². The van der Waals surface area contributed by atoms with Crippen LogP contribution in [0.1, 0.15) is 54.4 Å². The molecule has 5 nitrogen and oxygen atoms in total. The van der Waals surface area contributed by atoms with Crippen molar-refractivity contribution in [1.82, 2.24) is 0 Å². The molecule has 0 saturated heterocycles. The van der Waals surface area contributed by atoms with E-state index in [0.717, 1.165) is 18.9 Å². The van der Waals surface area contributed by atoms with Crippen LogP contribution < -0.4 is 0 Å². The fourth-order valence-corrected chi connectivity index (χ4v) is 10.5. The summed E-state index contributed by atoms with van der Waals surface area (Å²) in [6, 6.07) is 0.777. The quantitative estimate of drug-likeness (QED) is 0.403. The van der Waals surface area contributed by atoms with Crippen molar-refractivity contribution < 1.29 is 22.1 Å². The lowest BCUT2D eigenvalue weighted by atomic mass is 10.3. The predicted octanol–water partition coefficient (Wildman–Crippen LogP) is 4.35. The van der Waals surface area contributed by atoms with Gasteiger partial charge in [0.2, 0.25) is 0 Å². The van der Waals surface area contributed by atoms with E-state index in [2.05, 4.69) is 13.5 Å². The fraction of sp³-hybridized carbons (Fsp3) is 1.00. The molecule has 1 unspecified atom stereocenters. The summed E-state index contributed by atoms with van der Waals surface area (Å²) < 4.78 is 30.4. The smallest absolute Gasteiger partial charge is 0.394 e. The van der Waals surface area contributed by atoms with E-state index < -0.39 is 17.4 Å². The largest absolute Gasteiger partial charge is 0.501 e. The molecule has 0 amide bonds. The predicted molar refractivity (Wildman–Crippen MR) is 99.0 cm³/mol. The highest BCUT2D eigenvalue weighted by Crippen LogP contribution is 2.38. The SMILES string of the molecule is CCCC(C[Si](OCC)(OCC)OCC)[Si](C)(OCC)OCC. The molecule has 0 radical (unpaired) electrons. The van der Waals surface area contributed by atoms with Gasteiger partial charge in [-0.1, -0.05) is 13.3 Å². The topological polar surface area (TPSA) is 46.2 Å². The molecule has 23 heavy (non-hydrogen) atoms. The van der Waals surface area contributed by atoms with Gasteiger partial charge in [-0.05, 0) is 47.6 Å². The molecule has 0 bridgehead atoms. The Labute approximate surface area is 145 Å². The summed E-state index contributed by atoms with van der Waals surface area (Å²) >= 11 is 0. The monoisotopic (exact) mass is 366 g/mol. The number of rotatable bonds is 15. The van der Waals surface area contributed by atoms with E-state index in [1.165, 1.54) is 0 Å². The van der Waals surface area contributed by atoms with E-state index in [9.17, 15) is 0 Å². The Kier molecular flexibility index (Phi) is 12.7. The van der Waals surface area contributed by atoms with Gasteiger partial charge in [-0.25, -0.2) is 0 Å². The first kappa shape index (κ1) is 23.2. The van der Waals surface area contributed by atoms with Crippen molar-refractivity contribution in [2.45, 2.75) is 72.5 Å². The van der Waals surface area contributed by atoms with E-state index >= 15 is 0 Å². The highest BCUT2D eigenvalue weighted by atomic mass is 28.4. The highest BCUT2D eigenvalue weighted by molar-refractivity contribution is 6.71. The summed E-state index contributed by atoms with van der Waals surface area (Å²) in [7, 11) is -4.99. The lowest BCUT2D eigenvalue weighted by Gasteiger charge is -2.38. The average molecular weight is 367 g/mol. The average Bonchev–Trinajstić information content (AvgIpc) is 2.48. The third-order valence-electron chi connectivity index (χ3n) is 3.83. The van der Waals surface area contributed by atoms with Gasteiger partial charge >= 0.3 is 17.4 Å². The molecule has 0 rings (SSSR count). The third kappa shape index (κ3) is 7.77. The van der Waals surface area contributed by atoms with Crippen LogP contribution >= 0.6 is 0 Å². The zero-order valence-corrected chi connectivity index (χ0v) is 18.3. The Hall–Kier alpha value is 0.234. The van der Waals surface area contributed by atoms with Crippen molar-refractivity contribution >= 4 is 17.4 Å². The van der Waals surface area contributed by atoms with Gasteiger partial charge < -0.3 is 22.1 Å². The molecule has 1 atom stereocenters. The van der Waals surface area contributed by atoms with Crippen molar-refractivity contribution in [3.8, 4) is 0 Å². The van der Waals surface area contributed by atoms with E-state index in [-0.39, 0.29) is 0 Å². The Bertz CT molecular complexity index is 269. The van der Waals surface area contributed by atoms with E-state index in [1.54, 1.807) is 0 Å². The van der Waals surface area contributed by atoms with Crippen molar-refractivity contribution in [1.29, 1.82) is 0 Å². The summed E-state index contributed by atoms with van der Waals surface area (Å²) in [5, 5.41) is 0. The molecular weight excluding hydrogens is 328 g/mol. The second-order valence-electron chi connectivity index (χ2n) is 5.55. The maximum absolute atomic E-state index is 6.14. The second kappa shape index (κ2) is 12.6. The Morgan fingerprint density at radius 1 is 0.652 bits per heavy atom. The lowest BCUT2D eigenvalue weighted by Crippen LogP contribution is -2.52. The third-order valence-corrected chi connectivity index (χ3v) is 11.1. The number of hydrogen-bond acceptors (Lipinski definition) is 5. The summed E-state index contributed by atoms with van der Waals surface area (Å²) in [6.45, 7) is 17.6. The zero-order valence-electron chi connectivity index (χ0n) is 16.3. The summed E-state index contributed by atoms with van der Waals surface area (Å²) in [5.74, 6) is 0. The summed E-state index contributed by atoms with van der Waals surface area (Å²) in [5.41, 5.74) is 0.309. The zero-order chi connectivity index (χ0) is 17.8. The van der Waals surface area contributed by atoms with Gasteiger partial charge in [-0.15, -0.1) is 0 Å². The molecule has 0 aliphatic heterocycles. The Balaban J connectivity index is 5.43. The molecule has 0 saturated carbocycles. The summed E-state index contributed by atoms with van der Waals surface area (Å²) in [4.78, 5) is 0. The van der Waals surface area contributed by atoms with Crippen molar-refractivity contribution in [3.05, 3.63) is 0 Å². The van der Waals surface area contributed by atoms with Crippen molar-refractivity contribution in [2.24, 2.45) is 0 Å². The second-order valence-corrected chi connectivity index (χ2v) is 11.6. The Morgan fingerprint density at radius 3 is 1.35 bits per heavy atom. The molecule has 0 spiro atoms. The Morgan fingerprint density at radius 2 is 1.04 bits per heavy atom. The van der Waals surface area contributed by atoms with Crippen molar-refractivity contribution in [2.75, 3.05) is 33.0 Å². The van der Waals surface area contributed by atoms with Crippen LogP contribution in [0.25, 0.3) is 0 Å². The molecule has 0 aromatic carbocycles. The van der Waals surface area contributed by atoms with Gasteiger partial charge in [0, 0.05) is 44.6 Å². The van der Waals surface area contributed by atoms with Gasteiger partial charge in [0.05, 0.1) is 0 Å². The maximum atomic E-state index is 6.14. The van der Waals surface area contributed by atoms with Crippen LogP contribution in [0, 0.1) is 0 Å². The van der Waals surface area contributed by atoms with Crippen LogP contribution in [-0.2, 0) is 22.1 Å². The minimum Gasteiger partial charge on any atom is -0.394 e. The minimum absolute atomic E-state index is 0.309. The molecule has 0 aromatic heterocycles. The molecule has 0 N–H and O–H groups in total. The van der Waals surface area contributed by atoms with Crippen molar-refractivity contribution in [3.63, 3.8) is 0 Å².